The zero-order valence-electron chi connectivity index (χ0n) is 9.62. The summed E-state index contributed by atoms with van der Waals surface area (Å²) >= 11 is 5.63. The van der Waals surface area contributed by atoms with E-state index in [-0.39, 0.29) is 12.2 Å². The number of halogens is 1. The van der Waals surface area contributed by atoms with E-state index in [1.54, 1.807) is 19.1 Å². The smallest absolute Gasteiger partial charge is 0.379 e. The lowest BCUT2D eigenvalue weighted by Crippen LogP contribution is -2.17. The molecule has 0 aromatic heterocycles. The first-order chi connectivity index (χ1) is 7.65. The largest absolute Gasteiger partial charge is 0.460 e. The van der Waals surface area contributed by atoms with Crippen LogP contribution in [-0.2, 0) is 9.53 Å². The van der Waals surface area contributed by atoms with Gasteiger partial charge in [-0.15, -0.1) is 0 Å². The molecular weight excluding hydrogens is 228 g/mol. The van der Waals surface area contributed by atoms with Crippen LogP contribution in [0, 0.1) is 0 Å². The van der Waals surface area contributed by atoms with Crippen molar-refractivity contribution < 1.29 is 14.3 Å². The number of hydrogen-bond donors (Lipinski definition) is 0. The van der Waals surface area contributed by atoms with Crippen LogP contribution in [0.1, 0.15) is 31.1 Å². The molecule has 0 saturated carbocycles. The van der Waals surface area contributed by atoms with Gasteiger partial charge in [0.05, 0.1) is 6.61 Å². The van der Waals surface area contributed by atoms with E-state index in [0.29, 0.717) is 5.02 Å². The highest BCUT2D eigenvalue weighted by molar-refractivity contribution is 6.40. The number of carbonyl (C=O) groups is 2. The number of ether oxygens (including phenoxy) is 1. The molecule has 0 bridgehead atoms. The van der Waals surface area contributed by atoms with Crippen molar-refractivity contribution in [2.45, 2.75) is 20.8 Å². The molecule has 0 saturated heterocycles. The van der Waals surface area contributed by atoms with Crippen molar-refractivity contribution in [2.75, 3.05) is 6.61 Å². The maximum absolute atomic E-state index is 11.3. The molecule has 0 spiro atoms. The molecule has 4 heteroatoms. The molecule has 0 radical (unpaired) electrons. The first-order valence-electron chi connectivity index (χ1n) is 5.12. The molecule has 1 rings (SSSR count). The zero-order chi connectivity index (χ0) is 12.6. The van der Waals surface area contributed by atoms with Gasteiger partial charge in [0.25, 0.3) is 5.78 Å². The predicted octanol–water partition coefficient (Wildman–Crippen LogP) is 3.11. The molecule has 1 aromatic rings. The molecule has 0 fully saturated rings. The van der Waals surface area contributed by atoms with Crippen LogP contribution in [0.2, 0.25) is 5.02 Å². The molecule has 0 aliphatic rings. The van der Waals surface area contributed by atoms with Crippen LogP contribution in [0.5, 0.6) is 0 Å². The fourth-order valence-electron chi connectivity index (χ4n) is 0.916. The van der Waals surface area contributed by atoms with Gasteiger partial charge < -0.3 is 4.74 Å². The summed E-state index contributed by atoms with van der Waals surface area (Å²) in [5, 5.41) is 0.519. The molecule has 16 heavy (non-hydrogen) atoms. The number of ketones is 1. The van der Waals surface area contributed by atoms with Gasteiger partial charge in [-0.3, -0.25) is 4.79 Å². The van der Waals surface area contributed by atoms with Crippen molar-refractivity contribution in [1.82, 2.24) is 0 Å². The maximum atomic E-state index is 11.3. The van der Waals surface area contributed by atoms with E-state index in [9.17, 15) is 9.59 Å². The van der Waals surface area contributed by atoms with Crippen LogP contribution in [0.25, 0.3) is 0 Å². The van der Waals surface area contributed by atoms with Crippen molar-refractivity contribution >= 4 is 23.4 Å². The average Bonchev–Trinajstić information content (AvgIpc) is 2.32. The predicted molar refractivity (Wildman–Crippen MR) is 63.8 cm³/mol. The molecule has 0 unspecified atom stereocenters. The van der Waals surface area contributed by atoms with Gasteiger partial charge in [0, 0.05) is 10.6 Å². The van der Waals surface area contributed by atoms with Gasteiger partial charge in [-0.25, -0.2) is 4.79 Å². The third kappa shape index (κ3) is 4.45. The monoisotopic (exact) mass is 242 g/mol. The fraction of sp³-hybridized carbons (Fsp3) is 0.333. The number of rotatable bonds is 3. The van der Waals surface area contributed by atoms with E-state index in [4.69, 9.17) is 11.6 Å². The van der Waals surface area contributed by atoms with Crippen LogP contribution in [0.15, 0.2) is 24.3 Å². The highest BCUT2D eigenvalue weighted by Gasteiger charge is 2.16. The summed E-state index contributed by atoms with van der Waals surface area (Å²) in [6, 6.07) is 6.07. The van der Waals surface area contributed by atoms with E-state index in [0.717, 1.165) is 0 Å². The third-order valence-electron chi connectivity index (χ3n) is 1.57. The van der Waals surface area contributed by atoms with Gasteiger partial charge in [0.15, 0.2) is 0 Å². The lowest BCUT2D eigenvalue weighted by molar-refractivity contribution is -0.137. The van der Waals surface area contributed by atoms with Crippen molar-refractivity contribution in [3.05, 3.63) is 34.9 Å². The number of carbonyl (C=O) groups excluding carboxylic acids is 2. The molecular formula is C12H15ClO3. The molecule has 0 aliphatic heterocycles. The Morgan fingerprint density at radius 2 is 1.69 bits per heavy atom. The Morgan fingerprint density at radius 1 is 1.19 bits per heavy atom. The van der Waals surface area contributed by atoms with E-state index >= 15 is 0 Å². The quantitative estimate of drug-likeness (QED) is 0.465. The Bertz CT molecular complexity index is 344. The minimum Gasteiger partial charge on any atom is -0.460 e. The lowest BCUT2D eigenvalue weighted by atomic mass is 10.1. The normalized spacial score (nSPS) is 8.75. The summed E-state index contributed by atoms with van der Waals surface area (Å²) in [5.74, 6) is -1.49. The van der Waals surface area contributed by atoms with Gasteiger partial charge in [-0.05, 0) is 31.2 Å². The minimum absolute atomic E-state index is 0.193. The van der Waals surface area contributed by atoms with Crippen LogP contribution >= 0.6 is 11.6 Å². The second-order valence-electron chi connectivity index (χ2n) is 2.56. The van der Waals surface area contributed by atoms with Crippen LogP contribution in [-0.4, -0.2) is 18.4 Å². The zero-order valence-corrected chi connectivity index (χ0v) is 10.4. The van der Waals surface area contributed by atoms with E-state index in [1.807, 2.05) is 13.8 Å². The topological polar surface area (TPSA) is 43.4 Å². The summed E-state index contributed by atoms with van der Waals surface area (Å²) in [7, 11) is 0. The van der Waals surface area contributed by atoms with E-state index in [2.05, 4.69) is 4.74 Å². The average molecular weight is 243 g/mol. The first-order valence-corrected chi connectivity index (χ1v) is 5.50. The Kier molecular flexibility index (Phi) is 7.21. The summed E-state index contributed by atoms with van der Waals surface area (Å²) in [6.07, 6.45) is 0. The Hall–Kier alpha value is -1.35. The van der Waals surface area contributed by atoms with Crippen molar-refractivity contribution in [2.24, 2.45) is 0 Å². The SMILES string of the molecule is CC.CCOC(=O)C(=O)c1ccc(Cl)cc1. The fourth-order valence-corrected chi connectivity index (χ4v) is 1.04. The Morgan fingerprint density at radius 3 is 2.12 bits per heavy atom. The van der Waals surface area contributed by atoms with Gasteiger partial charge in [-0.1, -0.05) is 25.4 Å². The van der Waals surface area contributed by atoms with Crippen LogP contribution < -0.4 is 0 Å². The number of benzene rings is 1. The third-order valence-corrected chi connectivity index (χ3v) is 1.82. The number of Topliss-reactive ketones (excluding diaryl/α,β-unsaturated/α-hetero) is 1. The van der Waals surface area contributed by atoms with Gasteiger partial charge in [-0.2, -0.15) is 0 Å². The van der Waals surface area contributed by atoms with Crippen LogP contribution in [0.3, 0.4) is 0 Å². The van der Waals surface area contributed by atoms with Gasteiger partial charge in [0.2, 0.25) is 0 Å². The Balaban J connectivity index is 0.00000106. The molecule has 0 amide bonds. The number of hydrogen-bond acceptors (Lipinski definition) is 3. The summed E-state index contributed by atoms with van der Waals surface area (Å²) in [6.45, 7) is 5.84. The second kappa shape index (κ2) is 7.88. The summed E-state index contributed by atoms with van der Waals surface area (Å²) in [5.41, 5.74) is 0.285. The van der Waals surface area contributed by atoms with Crippen molar-refractivity contribution in [3.8, 4) is 0 Å². The summed E-state index contributed by atoms with van der Waals surface area (Å²) < 4.78 is 4.57. The van der Waals surface area contributed by atoms with Gasteiger partial charge >= 0.3 is 5.97 Å². The molecule has 88 valence electrons. The van der Waals surface area contributed by atoms with Crippen molar-refractivity contribution in [3.63, 3.8) is 0 Å². The van der Waals surface area contributed by atoms with Gasteiger partial charge in [0.1, 0.15) is 0 Å². The minimum atomic E-state index is -0.838. The first kappa shape index (κ1) is 14.6. The molecule has 3 nitrogen and oxygen atoms in total. The highest BCUT2D eigenvalue weighted by Crippen LogP contribution is 2.10. The second-order valence-corrected chi connectivity index (χ2v) is 2.99. The van der Waals surface area contributed by atoms with Crippen molar-refractivity contribution in [1.29, 1.82) is 0 Å². The standard InChI is InChI=1S/C10H9ClO3.C2H6/c1-2-14-10(13)9(12)7-3-5-8(11)6-4-7;1-2/h3-6H,2H2,1H3;1-2H3. The van der Waals surface area contributed by atoms with E-state index < -0.39 is 11.8 Å². The molecule has 0 atom stereocenters. The Labute approximate surface area is 100 Å². The molecule has 0 aliphatic carbocycles. The summed E-state index contributed by atoms with van der Waals surface area (Å²) in [4.78, 5) is 22.4. The molecule has 1 aromatic carbocycles. The maximum Gasteiger partial charge on any atom is 0.379 e. The van der Waals surface area contributed by atoms with Crippen LogP contribution in [0.4, 0.5) is 0 Å². The lowest BCUT2D eigenvalue weighted by Gasteiger charge is -2.00. The number of esters is 1. The molecule has 0 N–H and O–H groups in total. The highest BCUT2D eigenvalue weighted by atomic mass is 35.5. The molecule has 0 heterocycles. The van der Waals surface area contributed by atoms with E-state index in [1.165, 1.54) is 12.1 Å².